The van der Waals surface area contributed by atoms with E-state index in [0.29, 0.717) is 38.5 Å². The first-order valence-electron chi connectivity index (χ1n) is 11.4. The van der Waals surface area contributed by atoms with Crippen LogP contribution in [0.4, 0.5) is 0 Å². The van der Waals surface area contributed by atoms with Crippen molar-refractivity contribution in [1.29, 1.82) is 0 Å². The van der Waals surface area contributed by atoms with Crippen molar-refractivity contribution < 1.29 is 34.9 Å². The van der Waals surface area contributed by atoms with E-state index in [1.54, 1.807) is 0 Å². The highest BCUT2D eigenvalue weighted by Crippen LogP contribution is 2.21. The molecule has 13 heteroatoms. The average molecular weight is 480 g/mol. The first-order valence-corrected chi connectivity index (χ1v) is 11.4. The summed E-state index contributed by atoms with van der Waals surface area (Å²) in [6, 6.07) is -5.29. The average Bonchev–Trinajstić information content (AvgIpc) is 2.73. The quantitative estimate of drug-likeness (QED) is 0.0942. The van der Waals surface area contributed by atoms with E-state index >= 15 is 0 Å². The Morgan fingerprint density at radius 2 is 1.09 bits per heavy atom. The summed E-state index contributed by atoms with van der Waals surface area (Å²) in [5.41, 5.74) is 0. The van der Waals surface area contributed by atoms with Crippen LogP contribution in [-0.4, -0.2) is 72.8 Å². The zero-order chi connectivity index (χ0) is 25.4. The van der Waals surface area contributed by atoms with Crippen LogP contribution in [0.25, 0.3) is 0 Å². The summed E-state index contributed by atoms with van der Waals surface area (Å²) < 4.78 is 0. The Morgan fingerprint density at radius 1 is 0.667 bits per heavy atom. The second-order valence-electron chi connectivity index (χ2n) is 8.39. The summed E-state index contributed by atoms with van der Waals surface area (Å²) in [6.07, 6.45) is -0.565. The molecule has 0 aliphatic heterocycles. The maximum atomic E-state index is 11.5. The fraction of sp³-hybridized carbons (Fsp3) is 0.950. The minimum atomic E-state index is -1.91. The van der Waals surface area contributed by atoms with Crippen LogP contribution < -0.4 is 0 Å². The highest BCUT2D eigenvalue weighted by atomic mass is 16.6. The topological polar surface area (TPSA) is 207 Å². The number of nitrogens with zero attached hydrogens (tertiary/aromatic N) is 3. The molecule has 0 aliphatic rings. The van der Waals surface area contributed by atoms with Gasteiger partial charge in [0.2, 0.25) is 18.1 Å². The van der Waals surface area contributed by atoms with Crippen LogP contribution >= 0.6 is 0 Å². The lowest BCUT2D eigenvalue weighted by molar-refractivity contribution is -0.578. The van der Waals surface area contributed by atoms with Gasteiger partial charge >= 0.3 is 0 Å². The minimum absolute atomic E-state index is 0.0148. The third-order valence-electron chi connectivity index (χ3n) is 5.79. The zero-order valence-electron chi connectivity index (χ0n) is 19.1. The summed E-state index contributed by atoms with van der Waals surface area (Å²) in [5.74, 6) is 0. The molecular weight excluding hydrogens is 442 g/mol. The first-order chi connectivity index (χ1) is 15.6. The molecule has 0 aromatic rings. The molecule has 0 rings (SSSR count). The molecule has 0 aromatic carbocycles. The number of rotatable bonds is 21. The van der Waals surface area contributed by atoms with Gasteiger partial charge in [-0.2, -0.15) is 0 Å². The van der Waals surface area contributed by atoms with Crippen molar-refractivity contribution in [3.05, 3.63) is 30.3 Å². The van der Waals surface area contributed by atoms with Gasteiger partial charge in [-0.05, 0) is 19.3 Å². The van der Waals surface area contributed by atoms with E-state index in [0.717, 1.165) is 19.1 Å². The van der Waals surface area contributed by atoms with Crippen molar-refractivity contribution in [2.24, 2.45) is 0 Å². The Hall–Kier alpha value is -2.25. The third kappa shape index (κ3) is 12.5. The fourth-order valence-corrected chi connectivity index (χ4v) is 3.73. The van der Waals surface area contributed by atoms with E-state index in [4.69, 9.17) is 0 Å². The Morgan fingerprint density at radius 3 is 1.55 bits per heavy atom. The fourth-order valence-electron chi connectivity index (χ4n) is 3.73. The highest BCUT2D eigenvalue weighted by Gasteiger charge is 2.44. The molecule has 0 saturated heterocycles. The Balaban J connectivity index is 5.10. The molecule has 0 bridgehead atoms. The summed E-state index contributed by atoms with van der Waals surface area (Å²) in [6.45, 7) is 1.91. The van der Waals surface area contributed by atoms with Gasteiger partial charge in [-0.1, -0.05) is 45.4 Å². The van der Waals surface area contributed by atoms with Gasteiger partial charge in [0.25, 0.3) is 0 Å². The molecule has 6 unspecified atom stereocenters. The largest absolute Gasteiger partial charge is 0.386 e. The number of carbonyl (C=O) groups excluding carboxylic acids is 1. The van der Waals surface area contributed by atoms with Crippen molar-refractivity contribution >= 4 is 6.29 Å². The van der Waals surface area contributed by atoms with Crippen LogP contribution in [0.3, 0.4) is 0 Å². The molecule has 0 saturated carbocycles. The monoisotopic (exact) mass is 479 g/mol. The van der Waals surface area contributed by atoms with Gasteiger partial charge in [-0.25, -0.2) is 0 Å². The number of aliphatic hydroxyl groups is 3. The third-order valence-corrected chi connectivity index (χ3v) is 5.79. The molecule has 0 radical (unpaired) electrons. The van der Waals surface area contributed by atoms with E-state index < -0.39 is 64.0 Å². The molecular formula is C20H37N3O10. The molecule has 33 heavy (non-hydrogen) atoms. The maximum absolute atomic E-state index is 11.5. The van der Waals surface area contributed by atoms with E-state index in [1.807, 2.05) is 6.92 Å². The van der Waals surface area contributed by atoms with Crippen LogP contribution in [0.2, 0.25) is 0 Å². The van der Waals surface area contributed by atoms with Crippen LogP contribution in [0.1, 0.15) is 84.0 Å². The Kier molecular flexibility index (Phi) is 16.1. The standard InChI is InChI=1S/C20H37N3O10/c1-2-3-7-10-19(26)17(23(32)33)14-20(27)16(22(30)31)13-15(21(28)29)18(25)11-8-5-4-6-9-12-24/h12,15-20,25-27H,2-11,13-14H2,1H3. The maximum Gasteiger partial charge on any atom is 0.245 e. The number of aldehydes is 1. The Labute approximate surface area is 192 Å². The van der Waals surface area contributed by atoms with Gasteiger partial charge < -0.3 is 20.1 Å². The normalized spacial score (nSPS) is 16.8. The molecule has 0 aromatic heterocycles. The van der Waals surface area contributed by atoms with Crippen LogP contribution in [0.15, 0.2) is 0 Å². The van der Waals surface area contributed by atoms with E-state index in [1.165, 1.54) is 0 Å². The SMILES string of the molecule is CCCCCC(O)C(CC(O)C(CC(C(O)CCCCCCC=O)[N+](=O)[O-])[N+](=O)[O-])[N+](=O)[O-]. The lowest BCUT2D eigenvalue weighted by Gasteiger charge is -2.23. The van der Waals surface area contributed by atoms with Crippen molar-refractivity contribution in [3.63, 3.8) is 0 Å². The predicted molar refractivity (Wildman–Crippen MR) is 118 cm³/mol. The zero-order valence-corrected chi connectivity index (χ0v) is 19.1. The van der Waals surface area contributed by atoms with Gasteiger partial charge in [-0.3, -0.25) is 30.3 Å². The molecule has 6 atom stereocenters. The number of carbonyl (C=O) groups is 1. The summed E-state index contributed by atoms with van der Waals surface area (Å²) in [7, 11) is 0. The van der Waals surface area contributed by atoms with Gasteiger partial charge in [-0.15, -0.1) is 0 Å². The van der Waals surface area contributed by atoms with Crippen molar-refractivity contribution in [1.82, 2.24) is 0 Å². The first kappa shape index (κ1) is 30.8. The second kappa shape index (κ2) is 17.3. The summed E-state index contributed by atoms with van der Waals surface area (Å²) >= 11 is 0. The highest BCUT2D eigenvalue weighted by molar-refractivity contribution is 5.48. The number of unbranched alkanes of at least 4 members (excludes halogenated alkanes) is 6. The molecule has 13 nitrogen and oxygen atoms in total. The molecule has 192 valence electrons. The van der Waals surface area contributed by atoms with Gasteiger partial charge in [0.15, 0.2) is 0 Å². The van der Waals surface area contributed by atoms with Crippen molar-refractivity contribution in [3.8, 4) is 0 Å². The van der Waals surface area contributed by atoms with E-state index in [2.05, 4.69) is 0 Å². The molecule has 0 heterocycles. The number of aliphatic hydroxyl groups excluding tert-OH is 3. The van der Waals surface area contributed by atoms with Gasteiger partial charge in [0.05, 0.1) is 12.8 Å². The van der Waals surface area contributed by atoms with Crippen molar-refractivity contribution in [2.75, 3.05) is 0 Å². The Bertz CT molecular complexity index is 607. The number of nitro groups is 3. The molecule has 0 aliphatic carbocycles. The predicted octanol–water partition coefficient (Wildman–Crippen LogP) is 1.91. The van der Waals surface area contributed by atoms with Gasteiger partial charge in [0, 0.05) is 21.2 Å². The number of hydrogen-bond donors (Lipinski definition) is 3. The van der Waals surface area contributed by atoms with Crippen molar-refractivity contribution in [2.45, 2.75) is 120 Å². The number of hydrogen-bond acceptors (Lipinski definition) is 10. The van der Waals surface area contributed by atoms with Gasteiger partial charge in [0.1, 0.15) is 24.6 Å². The smallest absolute Gasteiger partial charge is 0.245 e. The van der Waals surface area contributed by atoms with E-state index in [-0.39, 0.29) is 12.8 Å². The lowest BCUT2D eigenvalue weighted by Crippen LogP contribution is -2.46. The minimum Gasteiger partial charge on any atom is -0.386 e. The second-order valence-corrected chi connectivity index (χ2v) is 8.39. The summed E-state index contributed by atoms with van der Waals surface area (Å²) in [4.78, 5) is 42.0. The molecule has 3 N–H and O–H groups in total. The van der Waals surface area contributed by atoms with E-state index in [9.17, 15) is 50.5 Å². The van der Waals surface area contributed by atoms with Crippen LogP contribution in [0, 0.1) is 30.3 Å². The molecule has 0 amide bonds. The van der Waals surface area contributed by atoms with Crippen LogP contribution in [0.5, 0.6) is 0 Å². The van der Waals surface area contributed by atoms with Crippen LogP contribution in [-0.2, 0) is 4.79 Å². The molecule has 0 spiro atoms. The molecule has 0 fully saturated rings. The lowest BCUT2D eigenvalue weighted by atomic mass is 9.91. The summed E-state index contributed by atoms with van der Waals surface area (Å²) in [5, 5.41) is 65.0.